The lowest BCUT2D eigenvalue weighted by Gasteiger charge is -2.58. The van der Waals surface area contributed by atoms with Crippen molar-refractivity contribution >= 4 is 5.97 Å². The molecule has 0 saturated heterocycles. The van der Waals surface area contributed by atoms with Crippen molar-refractivity contribution < 1.29 is 9.53 Å². The topological polar surface area (TPSA) is 26.3 Å². The van der Waals surface area contributed by atoms with Crippen molar-refractivity contribution in [1.29, 1.82) is 0 Å². The summed E-state index contributed by atoms with van der Waals surface area (Å²) in [4.78, 5) is 12.7. The number of carbonyl (C=O) groups excluding carboxylic acids is 1. The molecule has 8 atom stereocenters. The van der Waals surface area contributed by atoms with Crippen LogP contribution in [-0.2, 0) is 9.53 Å². The van der Waals surface area contributed by atoms with Crippen LogP contribution in [0, 0.1) is 45.8 Å². The minimum Gasteiger partial charge on any atom is -0.462 e. The Bertz CT molecular complexity index is 780. The van der Waals surface area contributed by atoms with Gasteiger partial charge in [0.25, 0.3) is 0 Å². The first-order valence-electron chi connectivity index (χ1n) is 15.5. The van der Waals surface area contributed by atoms with Crippen LogP contribution in [0.2, 0.25) is 0 Å². The quantitative estimate of drug-likeness (QED) is 0.185. The SMILES string of the molecule is CCCCCCC(C)C1CCC2C3CC=C4CC(OC(=O)C(C)(C)CC)CCC4(C)C3CCC12C. The molecule has 2 heteroatoms. The lowest BCUT2D eigenvalue weighted by Crippen LogP contribution is -2.51. The van der Waals surface area contributed by atoms with E-state index in [1.54, 1.807) is 5.57 Å². The van der Waals surface area contributed by atoms with Gasteiger partial charge >= 0.3 is 5.97 Å². The normalized spacial score (nSPS) is 39.7. The molecule has 0 aromatic rings. The van der Waals surface area contributed by atoms with Gasteiger partial charge in [0.05, 0.1) is 5.41 Å². The minimum atomic E-state index is -0.368. The Kier molecular flexibility index (Phi) is 8.20. The highest BCUT2D eigenvalue weighted by molar-refractivity contribution is 5.76. The van der Waals surface area contributed by atoms with Gasteiger partial charge in [-0.2, -0.15) is 0 Å². The van der Waals surface area contributed by atoms with Gasteiger partial charge in [-0.3, -0.25) is 4.79 Å². The summed E-state index contributed by atoms with van der Waals surface area (Å²) in [7, 11) is 0. The third-order valence-electron chi connectivity index (χ3n) is 12.0. The van der Waals surface area contributed by atoms with Gasteiger partial charge in [-0.05, 0) is 106 Å². The van der Waals surface area contributed by atoms with E-state index in [0.29, 0.717) is 10.8 Å². The summed E-state index contributed by atoms with van der Waals surface area (Å²) in [6.45, 7) is 16.3. The first kappa shape index (κ1) is 27.3. The molecule has 35 heavy (non-hydrogen) atoms. The number of allylic oxidation sites excluding steroid dienone is 1. The van der Waals surface area contributed by atoms with Crippen LogP contribution >= 0.6 is 0 Å². The van der Waals surface area contributed by atoms with E-state index in [1.165, 1.54) is 70.6 Å². The Hall–Kier alpha value is -0.790. The maximum absolute atomic E-state index is 12.7. The largest absolute Gasteiger partial charge is 0.462 e. The zero-order chi connectivity index (χ0) is 25.4. The monoisotopic (exact) mass is 484 g/mol. The van der Waals surface area contributed by atoms with Gasteiger partial charge in [-0.25, -0.2) is 0 Å². The number of hydrogen-bond acceptors (Lipinski definition) is 2. The molecule has 0 amide bonds. The zero-order valence-electron chi connectivity index (χ0n) is 24.3. The number of carbonyl (C=O) groups is 1. The van der Waals surface area contributed by atoms with Crippen molar-refractivity contribution in [2.75, 3.05) is 0 Å². The minimum absolute atomic E-state index is 0.00265. The lowest BCUT2D eigenvalue weighted by molar-refractivity contribution is -0.162. The number of unbranched alkanes of at least 4 members (excludes halogenated alkanes) is 3. The lowest BCUT2D eigenvalue weighted by atomic mass is 9.47. The molecule has 200 valence electrons. The Labute approximate surface area is 217 Å². The van der Waals surface area contributed by atoms with Crippen molar-refractivity contribution in [1.82, 2.24) is 0 Å². The highest BCUT2D eigenvalue weighted by atomic mass is 16.5. The second kappa shape index (κ2) is 10.5. The predicted molar refractivity (Wildman–Crippen MR) is 147 cm³/mol. The standard InChI is InChI=1S/C33H56O2/c1-8-10-11-12-13-23(3)27-16-17-28-26-15-14-24-22-25(35-30(34)31(4,5)9-2)18-20-32(24,6)29(26)19-21-33(27,28)7/h14,23,25-29H,8-13,15-22H2,1-7H3. The van der Waals surface area contributed by atoms with E-state index in [-0.39, 0.29) is 17.5 Å². The molecule has 0 aromatic carbocycles. The smallest absolute Gasteiger partial charge is 0.311 e. The number of esters is 1. The van der Waals surface area contributed by atoms with Gasteiger partial charge in [-0.15, -0.1) is 0 Å². The maximum atomic E-state index is 12.7. The van der Waals surface area contributed by atoms with Gasteiger partial charge in [-0.1, -0.05) is 78.4 Å². The van der Waals surface area contributed by atoms with Gasteiger partial charge in [0.15, 0.2) is 0 Å². The first-order chi connectivity index (χ1) is 16.6. The fourth-order valence-electron chi connectivity index (χ4n) is 9.25. The molecular formula is C33H56O2. The fourth-order valence-corrected chi connectivity index (χ4v) is 9.25. The van der Waals surface area contributed by atoms with E-state index in [0.717, 1.165) is 48.9 Å². The van der Waals surface area contributed by atoms with E-state index in [4.69, 9.17) is 4.74 Å². The molecule has 8 unspecified atom stereocenters. The highest BCUT2D eigenvalue weighted by Crippen LogP contribution is 2.67. The van der Waals surface area contributed by atoms with Gasteiger partial charge in [0.2, 0.25) is 0 Å². The van der Waals surface area contributed by atoms with Gasteiger partial charge in [0.1, 0.15) is 6.10 Å². The highest BCUT2D eigenvalue weighted by Gasteiger charge is 2.59. The summed E-state index contributed by atoms with van der Waals surface area (Å²) in [5.41, 5.74) is 2.15. The summed E-state index contributed by atoms with van der Waals surface area (Å²) in [6.07, 6.45) is 20.9. The third-order valence-corrected chi connectivity index (χ3v) is 12.0. The van der Waals surface area contributed by atoms with Crippen molar-refractivity contribution in [3.8, 4) is 0 Å². The first-order valence-corrected chi connectivity index (χ1v) is 15.5. The van der Waals surface area contributed by atoms with Crippen LogP contribution in [0.4, 0.5) is 0 Å². The van der Waals surface area contributed by atoms with E-state index < -0.39 is 0 Å². The number of hydrogen-bond donors (Lipinski definition) is 0. The van der Waals surface area contributed by atoms with Crippen molar-refractivity contribution in [3.63, 3.8) is 0 Å². The van der Waals surface area contributed by atoms with E-state index in [2.05, 4.69) is 40.7 Å². The van der Waals surface area contributed by atoms with Crippen LogP contribution in [0.3, 0.4) is 0 Å². The van der Waals surface area contributed by atoms with Crippen molar-refractivity contribution in [2.24, 2.45) is 45.8 Å². The van der Waals surface area contributed by atoms with Crippen LogP contribution in [0.15, 0.2) is 11.6 Å². The molecule has 2 nitrogen and oxygen atoms in total. The molecular weight excluding hydrogens is 428 g/mol. The molecule has 4 aliphatic carbocycles. The molecule has 0 aliphatic heterocycles. The average molecular weight is 485 g/mol. The molecule has 4 aliphatic rings. The summed E-state index contributed by atoms with van der Waals surface area (Å²) < 4.78 is 6.07. The van der Waals surface area contributed by atoms with Crippen LogP contribution in [0.5, 0.6) is 0 Å². The Morgan fingerprint density at radius 1 is 1.06 bits per heavy atom. The summed E-state index contributed by atoms with van der Waals surface area (Å²) in [6, 6.07) is 0. The van der Waals surface area contributed by atoms with Gasteiger partial charge < -0.3 is 4.74 Å². The van der Waals surface area contributed by atoms with E-state index >= 15 is 0 Å². The van der Waals surface area contributed by atoms with Crippen LogP contribution < -0.4 is 0 Å². The molecule has 0 N–H and O–H groups in total. The average Bonchev–Trinajstić information content (AvgIpc) is 3.19. The van der Waals surface area contributed by atoms with Crippen molar-refractivity contribution in [3.05, 3.63) is 11.6 Å². The van der Waals surface area contributed by atoms with Gasteiger partial charge in [0, 0.05) is 6.42 Å². The Morgan fingerprint density at radius 3 is 2.54 bits per heavy atom. The summed E-state index contributed by atoms with van der Waals surface area (Å²) >= 11 is 0. The number of ether oxygens (including phenoxy) is 1. The number of rotatable bonds is 9. The predicted octanol–water partition coefficient (Wildman–Crippen LogP) is 9.52. The molecule has 4 rings (SSSR count). The number of fused-ring (bicyclic) bond motifs is 5. The molecule has 0 aromatic heterocycles. The molecule has 0 bridgehead atoms. The van der Waals surface area contributed by atoms with Crippen LogP contribution in [0.25, 0.3) is 0 Å². The third kappa shape index (κ3) is 5.03. The molecule has 3 saturated carbocycles. The fraction of sp³-hybridized carbons (Fsp3) is 0.909. The van der Waals surface area contributed by atoms with Crippen LogP contribution in [-0.4, -0.2) is 12.1 Å². The molecule has 0 radical (unpaired) electrons. The Balaban J connectivity index is 1.43. The molecule has 0 spiro atoms. The molecule has 3 fully saturated rings. The Morgan fingerprint density at radius 2 is 1.83 bits per heavy atom. The van der Waals surface area contributed by atoms with Crippen LogP contribution in [0.1, 0.15) is 138 Å². The summed E-state index contributed by atoms with van der Waals surface area (Å²) in [5, 5.41) is 0. The summed E-state index contributed by atoms with van der Waals surface area (Å²) in [5.74, 6) is 4.45. The zero-order valence-corrected chi connectivity index (χ0v) is 24.3. The van der Waals surface area contributed by atoms with E-state index in [1.807, 2.05) is 13.8 Å². The van der Waals surface area contributed by atoms with E-state index in [9.17, 15) is 4.79 Å². The maximum Gasteiger partial charge on any atom is 0.311 e. The second-order valence-electron chi connectivity index (χ2n) is 14.3. The van der Waals surface area contributed by atoms with Crippen molar-refractivity contribution in [2.45, 2.75) is 144 Å². The second-order valence-corrected chi connectivity index (χ2v) is 14.3. The molecule has 0 heterocycles.